The van der Waals surface area contributed by atoms with Crippen LogP contribution in [0.1, 0.15) is 4.88 Å². The third-order valence-corrected chi connectivity index (χ3v) is 3.78. The minimum atomic E-state index is -0.334. The molecule has 1 aromatic carbocycles. The molecule has 7 heteroatoms. The van der Waals surface area contributed by atoms with Crippen LogP contribution in [-0.2, 0) is 4.79 Å². The molecule has 2 aromatic heterocycles. The molecule has 0 radical (unpaired) electrons. The second kappa shape index (κ2) is 6.55. The number of thiophene rings is 1. The highest BCUT2D eigenvalue weighted by Crippen LogP contribution is 2.21. The molecule has 0 bridgehead atoms. The van der Waals surface area contributed by atoms with Crippen molar-refractivity contribution in [2.45, 2.75) is 0 Å². The zero-order valence-corrected chi connectivity index (χ0v) is 12.8. The molecular formula is C15H10ClN3O2S. The molecule has 0 spiro atoms. The van der Waals surface area contributed by atoms with E-state index in [1.54, 1.807) is 41.7 Å². The van der Waals surface area contributed by atoms with Gasteiger partial charge < -0.3 is 4.42 Å². The van der Waals surface area contributed by atoms with Gasteiger partial charge in [-0.1, -0.05) is 22.8 Å². The maximum atomic E-state index is 11.8. The Hall–Kier alpha value is -2.44. The number of halogens is 1. The molecule has 110 valence electrons. The van der Waals surface area contributed by atoms with Crippen LogP contribution >= 0.6 is 22.9 Å². The summed E-state index contributed by atoms with van der Waals surface area (Å²) in [5.74, 6) is -0.0195. The Morgan fingerprint density at radius 2 is 2.05 bits per heavy atom. The summed E-state index contributed by atoms with van der Waals surface area (Å²) in [6.45, 7) is 0. The first kappa shape index (κ1) is 14.5. The lowest BCUT2D eigenvalue weighted by molar-refractivity contribution is -0.112. The Morgan fingerprint density at radius 3 is 2.77 bits per heavy atom. The summed E-state index contributed by atoms with van der Waals surface area (Å²) in [7, 11) is 0. The Labute approximate surface area is 135 Å². The first-order valence-corrected chi connectivity index (χ1v) is 7.58. The van der Waals surface area contributed by atoms with E-state index in [9.17, 15) is 4.79 Å². The summed E-state index contributed by atoms with van der Waals surface area (Å²) in [4.78, 5) is 12.7. The maximum absolute atomic E-state index is 11.8. The molecule has 0 fully saturated rings. The van der Waals surface area contributed by atoms with E-state index in [0.29, 0.717) is 10.9 Å². The van der Waals surface area contributed by atoms with E-state index in [1.165, 1.54) is 6.08 Å². The molecule has 0 saturated carbocycles. The van der Waals surface area contributed by atoms with Gasteiger partial charge in [-0.25, -0.2) is 0 Å². The van der Waals surface area contributed by atoms with Crippen molar-refractivity contribution in [3.8, 4) is 11.5 Å². The molecule has 0 aliphatic carbocycles. The largest absolute Gasteiger partial charge is 0.403 e. The number of anilines is 1. The summed E-state index contributed by atoms with van der Waals surface area (Å²) in [5.41, 5.74) is 0.728. The number of aromatic nitrogens is 2. The van der Waals surface area contributed by atoms with Gasteiger partial charge in [0.1, 0.15) is 0 Å². The fraction of sp³-hybridized carbons (Fsp3) is 0. The number of amides is 1. The summed E-state index contributed by atoms with van der Waals surface area (Å²) in [6, 6.07) is 10.9. The van der Waals surface area contributed by atoms with Crippen LogP contribution in [0.2, 0.25) is 5.02 Å². The summed E-state index contributed by atoms with van der Waals surface area (Å²) < 4.78 is 5.39. The average Bonchev–Trinajstić information content (AvgIpc) is 3.17. The highest BCUT2D eigenvalue weighted by molar-refractivity contribution is 7.10. The second-order valence-electron chi connectivity index (χ2n) is 4.26. The van der Waals surface area contributed by atoms with E-state index in [0.717, 1.165) is 10.4 Å². The molecule has 0 unspecified atom stereocenters. The zero-order chi connectivity index (χ0) is 15.4. The third kappa shape index (κ3) is 3.60. The van der Waals surface area contributed by atoms with Crippen LogP contribution in [0.25, 0.3) is 17.5 Å². The van der Waals surface area contributed by atoms with Crippen molar-refractivity contribution < 1.29 is 9.21 Å². The molecule has 0 atom stereocenters. The number of nitrogens with one attached hydrogen (secondary N) is 1. The molecule has 0 saturated heterocycles. The Kier molecular flexibility index (Phi) is 4.32. The van der Waals surface area contributed by atoms with Crippen LogP contribution in [0.4, 0.5) is 6.01 Å². The highest BCUT2D eigenvalue weighted by atomic mass is 35.5. The fourth-order valence-electron chi connectivity index (χ4n) is 1.67. The van der Waals surface area contributed by atoms with Gasteiger partial charge in [-0.2, -0.15) is 0 Å². The summed E-state index contributed by atoms with van der Waals surface area (Å²) >= 11 is 7.36. The lowest BCUT2D eigenvalue weighted by atomic mass is 10.2. The number of carbonyl (C=O) groups excluding carboxylic acids is 1. The number of hydrogen-bond donors (Lipinski definition) is 1. The van der Waals surface area contributed by atoms with Gasteiger partial charge >= 0.3 is 6.01 Å². The van der Waals surface area contributed by atoms with E-state index < -0.39 is 0 Å². The van der Waals surface area contributed by atoms with E-state index in [1.807, 2.05) is 17.5 Å². The Morgan fingerprint density at radius 1 is 1.23 bits per heavy atom. The SMILES string of the molecule is O=C(C=Cc1cccs1)Nc1nnc(-c2ccc(Cl)cc2)o1. The minimum absolute atomic E-state index is 0.0470. The first-order valence-electron chi connectivity index (χ1n) is 6.33. The zero-order valence-electron chi connectivity index (χ0n) is 11.2. The normalized spacial score (nSPS) is 11.0. The van der Waals surface area contributed by atoms with E-state index in [2.05, 4.69) is 15.5 Å². The smallest absolute Gasteiger partial charge is 0.322 e. The predicted octanol–water partition coefficient (Wildman–Crippen LogP) is 4.10. The first-order chi connectivity index (χ1) is 10.7. The van der Waals surface area contributed by atoms with Gasteiger partial charge in [-0.3, -0.25) is 10.1 Å². The fourth-order valence-corrected chi connectivity index (χ4v) is 2.42. The van der Waals surface area contributed by atoms with Crippen molar-refractivity contribution in [1.29, 1.82) is 0 Å². The lowest BCUT2D eigenvalue weighted by Gasteiger charge is -1.95. The number of benzene rings is 1. The van der Waals surface area contributed by atoms with Gasteiger partial charge in [0, 0.05) is 21.5 Å². The van der Waals surface area contributed by atoms with Gasteiger partial charge in [0.05, 0.1) is 0 Å². The van der Waals surface area contributed by atoms with Crippen molar-refractivity contribution in [2.24, 2.45) is 0 Å². The molecular weight excluding hydrogens is 322 g/mol. The van der Waals surface area contributed by atoms with E-state index in [-0.39, 0.29) is 11.9 Å². The number of nitrogens with zero attached hydrogens (tertiary/aromatic N) is 2. The molecule has 5 nitrogen and oxygen atoms in total. The lowest BCUT2D eigenvalue weighted by Crippen LogP contribution is -2.07. The summed E-state index contributed by atoms with van der Waals surface area (Å²) in [6.07, 6.45) is 3.13. The van der Waals surface area contributed by atoms with Crippen LogP contribution in [0, 0.1) is 0 Å². The number of rotatable bonds is 4. The molecule has 3 aromatic rings. The van der Waals surface area contributed by atoms with Gasteiger partial charge in [0.2, 0.25) is 5.89 Å². The molecule has 1 N–H and O–H groups in total. The second-order valence-corrected chi connectivity index (χ2v) is 5.67. The molecule has 0 aliphatic rings. The Balaban J connectivity index is 1.66. The van der Waals surface area contributed by atoms with Gasteiger partial charge in [-0.05, 0) is 41.8 Å². The number of carbonyl (C=O) groups is 1. The molecule has 2 heterocycles. The molecule has 3 rings (SSSR count). The van der Waals surface area contributed by atoms with Crippen LogP contribution in [0.3, 0.4) is 0 Å². The van der Waals surface area contributed by atoms with Gasteiger partial charge in [0.25, 0.3) is 5.91 Å². The highest BCUT2D eigenvalue weighted by Gasteiger charge is 2.09. The van der Waals surface area contributed by atoms with Crippen LogP contribution < -0.4 is 5.32 Å². The van der Waals surface area contributed by atoms with E-state index >= 15 is 0 Å². The summed E-state index contributed by atoms with van der Waals surface area (Å²) in [5, 5.41) is 12.7. The standard InChI is InChI=1S/C15H10ClN3O2S/c16-11-5-3-10(4-6-11)14-18-19-15(21-14)17-13(20)8-7-12-2-1-9-22-12/h1-9H,(H,17,19,20). The monoisotopic (exact) mass is 331 g/mol. The van der Waals surface area contributed by atoms with Crippen molar-refractivity contribution in [3.05, 3.63) is 57.8 Å². The van der Waals surface area contributed by atoms with Crippen molar-refractivity contribution >= 4 is 40.9 Å². The molecule has 1 amide bonds. The quantitative estimate of drug-likeness (QED) is 0.731. The number of hydrogen-bond acceptors (Lipinski definition) is 5. The third-order valence-electron chi connectivity index (χ3n) is 2.69. The average molecular weight is 332 g/mol. The Bertz CT molecular complexity index is 795. The van der Waals surface area contributed by atoms with Gasteiger partial charge in [0.15, 0.2) is 0 Å². The van der Waals surface area contributed by atoms with Crippen LogP contribution in [0.5, 0.6) is 0 Å². The molecule has 0 aliphatic heterocycles. The predicted molar refractivity (Wildman–Crippen MR) is 86.7 cm³/mol. The van der Waals surface area contributed by atoms with Crippen molar-refractivity contribution in [1.82, 2.24) is 10.2 Å². The van der Waals surface area contributed by atoms with Crippen molar-refractivity contribution in [3.63, 3.8) is 0 Å². The maximum Gasteiger partial charge on any atom is 0.322 e. The topological polar surface area (TPSA) is 68.0 Å². The van der Waals surface area contributed by atoms with Gasteiger partial charge in [-0.15, -0.1) is 16.4 Å². The van der Waals surface area contributed by atoms with E-state index in [4.69, 9.17) is 16.0 Å². The van der Waals surface area contributed by atoms with Crippen molar-refractivity contribution in [2.75, 3.05) is 5.32 Å². The van der Waals surface area contributed by atoms with Crippen LogP contribution in [-0.4, -0.2) is 16.1 Å². The molecule has 22 heavy (non-hydrogen) atoms. The van der Waals surface area contributed by atoms with Crippen LogP contribution in [0.15, 0.2) is 52.3 Å². The minimum Gasteiger partial charge on any atom is -0.403 e.